The van der Waals surface area contributed by atoms with Gasteiger partial charge in [0.2, 0.25) is 0 Å². The number of amides is 1. The molecular weight excluding hydrogens is 278 g/mol. The third-order valence-corrected chi connectivity index (χ3v) is 4.62. The van der Waals surface area contributed by atoms with Crippen LogP contribution in [-0.4, -0.2) is 39.4 Å². The zero-order valence-electron chi connectivity index (χ0n) is 14.7. The summed E-state index contributed by atoms with van der Waals surface area (Å²) in [6, 6.07) is 0.260. The first kappa shape index (κ1) is 17.3. The summed E-state index contributed by atoms with van der Waals surface area (Å²) in [5, 5.41) is 10.9. The summed E-state index contributed by atoms with van der Waals surface area (Å²) in [7, 11) is 0. The number of aliphatic hydroxyl groups is 1. The van der Waals surface area contributed by atoms with Crippen molar-refractivity contribution in [2.24, 2.45) is 0 Å². The maximum atomic E-state index is 12.4. The lowest BCUT2D eigenvalue weighted by Gasteiger charge is -2.44. The van der Waals surface area contributed by atoms with E-state index in [2.05, 4.69) is 19.9 Å². The summed E-state index contributed by atoms with van der Waals surface area (Å²) in [5.41, 5.74) is 0.196. The minimum atomic E-state index is -0.629. The van der Waals surface area contributed by atoms with E-state index in [0.717, 1.165) is 25.7 Å². The summed E-state index contributed by atoms with van der Waals surface area (Å²) in [6.07, 6.45) is 6.98. The molecule has 2 aliphatic rings. The van der Waals surface area contributed by atoms with Crippen molar-refractivity contribution >= 4 is 6.09 Å². The van der Waals surface area contributed by atoms with Gasteiger partial charge in [0.05, 0.1) is 5.60 Å². The highest BCUT2D eigenvalue weighted by Crippen LogP contribution is 2.43. The first-order chi connectivity index (χ1) is 10.1. The number of fused-ring (bicyclic) bond motifs is 2. The van der Waals surface area contributed by atoms with Crippen LogP contribution in [0.25, 0.3) is 0 Å². The van der Waals surface area contributed by atoms with Gasteiger partial charge < -0.3 is 14.7 Å². The molecule has 2 heterocycles. The summed E-state index contributed by atoms with van der Waals surface area (Å²) in [5.74, 6) is 0. The van der Waals surface area contributed by atoms with Crippen LogP contribution in [0.4, 0.5) is 4.79 Å². The van der Waals surface area contributed by atoms with Crippen molar-refractivity contribution in [3.8, 4) is 0 Å². The minimum absolute atomic E-state index is 0.130. The lowest BCUT2D eigenvalue weighted by atomic mass is 9.82. The predicted molar refractivity (Wildman–Crippen MR) is 87.7 cm³/mol. The fourth-order valence-corrected chi connectivity index (χ4v) is 3.77. The van der Waals surface area contributed by atoms with Crippen molar-refractivity contribution < 1.29 is 14.6 Å². The minimum Gasteiger partial charge on any atom is -0.444 e. The van der Waals surface area contributed by atoms with Crippen molar-refractivity contribution in [1.29, 1.82) is 0 Å². The third kappa shape index (κ3) is 4.25. The summed E-state index contributed by atoms with van der Waals surface area (Å²) in [4.78, 5) is 14.3. The second-order valence-electron chi connectivity index (χ2n) is 8.23. The highest BCUT2D eigenvalue weighted by molar-refractivity contribution is 5.69. The Morgan fingerprint density at radius 3 is 2.27 bits per heavy atom. The van der Waals surface area contributed by atoms with Gasteiger partial charge in [-0.3, -0.25) is 0 Å². The average Bonchev–Trinajstić information content (AvgIpc) is 2.60. The Morgan fingerprint density at radius 2 is 1.82 bits per heavy atom. The quantitative estimate of drug-likeness (QED) is 0.801. The molecule has 4 nitrogen and oxygen atoms in total. The molecule has 22 heavy (non-hydrogen) atoms. The van der Waals surface area contributed by atoms with Crippen LogP contribution in [-0.2, 0) is 4.74 Å². The fourth-order valence-electron chi connectivity index (χ4n) is 3.77. The molecule has 0 aromatic carbocycles. The van der Waals surface area contributed by atoms with E-state index in [1.807, 2.05) is 25.7 Å². The number of hydrogen-bond acceptors (Lipinski definition) is 3. The number of carbonyl (C=O) groups is 1. The summed E-state index contributed by atoms with van der Waals surface area (Å²) in [6.45, 7) is 9.85. The van der Waals surface area contributed by atoms with Gasteiger partial charge in [0.1, 0.15) is 5.60 Å². The molecule has 2 bridgehead atoms. The smallest absolute Gasteiger partial charge is 0.410 e. The highest BCUT2D eigenvalue weighted by Gasteiger charge is 2.49. The van der Waals surface area contributed by atoms with Crippen molar-refractivity contribution in [3.63, 3.8) is 0 Å². The molecule has 0 aromatic rings. The molecule has 2 fully saturated rings. The van der Waals surface area contributed by atoms with Crippen LogP contribution in [0.3, 0.4) is 0 Å². The molecule has 1 amide bonds. The van der Waals surface area contributed by atoms with E-state index in [0.29, 0.717) is 12.8 Å². The third-order valence-electron chi connectivity index (χ3n) is 4.62. The first-order valence-electron chi connectivity index (χ1n) is 8.47. The van der Waals surface area contributed by atoms with E-state index in [1.165, 1.54) is 5.57 Å². The van der Waals surface area contributed by atoms with Gasteiger partial charge in [-0.25, -0.2) is 4.79 Å². The van der Waals surface area contributed by atoms with E-state index in [9.17, 15) is 9.90 Å². The highest BCUT2D eigenvalue weighted by atomic mass is 16.6. The number of ether oxygens (including phenoxy) is 1. The predicted octanol–water partition coefficient (Wildman–Crippen LogP) is 4.03. The number of hydrogen-bond donors (Lipinski definition) is 1. The summed E-state index contributed by atoms with van der Waals surface area (Å²) < 4.78 is 5.53. The maximum Gasteiger partial charge on any atom is 0.410 e. The largest absolute Gasteiger partial charge is 0.444 e. The fraction of sp³-hybridized carbons (Fsp3) is 0.833. The lowest BCUT2D eigenvalue weighted by molar-refractivity contribution is -0.0619. The van der Waals surface area contributed by atoms with Gasteiger partial charge in [-0.1, -0.05) is 11.6 Å². The number of carbonyl (C=O) groups excluding carboxylic acids is 1. The second kappa shape index (κ2) is 6.23. The molecule has 0 aromatic heterocycles. The van der Waals surface area contributed by atoms with Gasteiger partial charge in [-0.15, -0.1) is 0 Å². The Labute approximate surface area is 134 Å². The second-order valence-corrected chi connectivity index (χ2v) is 8.23. The van der Waals surface area contributed by atoms with E-state index < -0.39 is 11.2 Å². The zero-order chi connectivity index (χ0) is 16.5. The molecule has 2 saturated heterocycles. The number of piperidine rings is 1. The molecule has 2 aliphatic heterocycles. The topological polar surface area (TPSA) is 49.8 Å². The molecule has 0 aliphatic carbocycles. The average molecular weight is 309 g/mol. The van der Waals surface area contributed by atoms with E-state index in [-0.39, 0.29) is 18.2 Å². The Hall–Kier alpha value is -1.03. The van der Waals surface area contributed by atoms with Crippen molar-refractivity contribution in [3.05, 3.63) is 11.6 Å². The Morgan fingerprint density at radius 1 is 1.27 bits per heavy atom. The van der Waals surface area contributed by atoms with Gasteiger partial charge in [-0.05, 0) is 73.1 Å². The van der Waals surface area contributed by atoms with Crippen molar-refractivity contribution in [2.75, 3.05) is 0 Å². The van der Waals surface area contributed by atoms with E-state index >= 15 is 0 Å². The zero-order valence-corrected chi connectivity index (χ0v) is 14.7. The lowest BCUT2D eigenvalue weighted by Crippen LogP contribution is -2.54. The number of rotatable bonds is 3. The standard InChI is InChI=1S/C18H31NO3/c1-13(2)7-6-10-18(21)11-14-8-9-15(12-18)19(14)16(20)22-17(3,4)5/h7,14-15,21H,6,8-12H2,1-5H3. The Kier molecular flexibility index (Phi) is 4.90. The number of allylic oxidation sites excluding steroid dienone is 2. The van der Waals surface area contributed by atoms with Gasteiger partial charge >= 0.3 is 6.09 Å². The molecule has 2 unspecified atom stereocenters. The summed E-state index contributed by atoms with van der Waals surface area (Å²) >= 11 is 0. The maximum absolute atomic E-state index is 12.4. The van der Waals surface area contributed by atoms with E-state index in [4.69, 9.17) is 4.74 Å². The molecule has 0 radical (unpaired) electrons. The van der Waals surface area contributed by atoms with Crippen LogP contribution in [0, 0.1) is 0 Å². The molecule has 4 heteroatoms. The molecule has 2 atom stereocenters. The van der Waals surface area contributed by atoms with Gasteiger partial charge in [-0.2, -0.15) is 0 Å². The monoisotopic (exact) mass is 309 g/mol. The first-order valence-corrected chi connectivity index (χ1v) is 8.47. The molecule has 0 saturated carbocycles. The number of nitrogens with zero attached hydrogens (tertiary/aromatic N) is 1. The van der Waals surface area contributed by atoms with Gasteiger partial charge in [0, 0.05) is 12.1 Å². The van der Waals surface area contributed by atoms with Gasteiger partial charge in [0.15, 0.2) is 0 Å². The molecule has 2 rings (SSSR count). The molecule has 126 valence electrons. The van der Waals surface area contributed by atoms with E-state index in [1.54, 1.807) is 0 Å². The van der Waals surface area contributed by atoms with Crippen LogP contribution in [0.5, 0.6) is 0 Å². The molecule has 1 N–H and O–H groups in total. The Balaban J connectivity index is 1.99. The normalized spacial score (nSPS) is 31.1. The molecular formula is C18H31NO3. The van der Waals surface area contributed by atoms with Crippen LogP contribution >= 0.6 is 0 Å². The van der Waals surface area contributed by atoms with Crippen LogP contribution < -0.4 is 0 Å². The van der Waals surface area contributed by atoms with Crippen molar-refractivity contribution in [2.45, 2.75) is 96.4 Å². The van der Waals surface area contributed by atoms with Crippen LogP contribution in [0.1, 0.15) is 73.1 Å². The van der Waals surface area contributed by atoms with Gasteiger partial charge in [0.25, 0.3) is 0 Å². The van der Waals surface area contributed by atoms with Crippen LogP contribution in [0.15, 0.2) is 11.6 Å². The molecule has 0 spiro atoms. The SMILES string of the molecule is CC(C)=CCCC1(O)CC2CCC(C1)N2C(=O)OC(C)(C)C. The van der Waals surface area contributed by atoms with Crippen LogP contribution in [0.2, 0.25) is 0 Å². The Bertz CT molecular complexity index is 432. The van der Waals surface area contributed by atoms with Crippen molar-refractivity contribution in [1.82, 2.24) is 4.90 Å².